The molecule has 1 aliphatic carbocycles. The minimum Gasteiger partial charge on any atom is -0.370 e. The molecule has 5 aromatic rings. The molecule has 0 bridgehead atoms. The fraction of sp³-hybridized carbons (Fsp3) is 0.392. The van der Waals surface area contributed by atoms with Crippen LogP contribution in [0.2, 0.25) is 0 Å². The minimum atomic E-state index is -1.59. The Bertz CT molecular complexity index is 2880. The number of aromatic nitrogens is 2. The zero-order valence-corrected chi connectivity index (χ0v) is 41.1. The van der Waals surface area contributed by atoms with Crippen molar-refractivity contribution in [2.75, 3.05) is 19.6 Å². The molecule has 0 radical (unpaired) electrons. The molecule has 5 atom stereocenters. The molecule has 2 aromatic heterocycles. The van der Waals surface area contributed by atoms with E-state index in [1.165, 1.54) is 0 Å². The first-order valence-corrected chi connectivity index (χ1v) is 24.7. The molecule has 20 N–H and O–H groups in total. The first-order chi connectivity index (χ1) is 35.6. The molecule has 1 aliphatic heterocycles. The van der Waals surface area contributed by atoms with Crippen LogP contribution in [0.15, 0.2) is 106 Å². The number of amides is 6. The van der Waals surface area contributed by atoms with Gasteiger partial charge in [0.05, 0.1) is 0 Å². The molecule has 74 heavy (non-hydrogen) atoms. The van der Waals surface area contributed by atoms with E-state index in [0.29, 0.717) is 23.1 Å². The molecule has 392 valence electrons. The SMILES string of the molecule is NC(N)=NCCC[C@@H]1NC(=O)[C@H](CCCN=C(N)N)NC(=O)C2(CC(CCN=C(N)N)C2)NC(=O)[C@H](Cc2c[nH]c3ccccc23)NC(=O)[C@H](Cc2ccccc2)NC(=O)[C@H](Cc2c[nH]c3ccccc23)NC1=O. The van der Waals surface area contributed by atoms with Crippen LogP contribution in [-0.4, -0.2) is 119 Å². The van der Waals surface area contributed by atoms with Gasteiger partial charge in [0, 0.05) is 73.1 Å². The molecule has 1 saturated heterocycles. The molecule has 7 rings (SSSR count). The third-order valence-corrected chi connectivity index (χ3v) is 13.4. The third kappa shape index (κ3) is 14.1. The summed E-state index contributed by atoms with van der Waals surface area (Å²) in [5.74, 6) is -4.82. The van der Waals surface area contributed by atoms with Crippen LogP contribution < -0.4 is 66.3 Å². The standard InChI is InChI=1S/C51H67N17O6/c52-48(53)58-19-8-16-37-42(69)65-40(23-31-27-61-35-14-6-4-12-33(31)35)45(72)64-39(22-29-10-2-1-3-11-29)44(71)66-41(24-32-28-62-36-15-7-5-13-34(32)36)46(73)68-51(25-30(26-51)18-21-60-50(56)57)47(74)67-38(43(70)63-37)17-9-20-59-49(54)55/h1-7,10-15,27-28,30,37-41,61-62H,8-9,16-26H2,(H,63,70)(H,64,72)(H,65,69)(H,66,71)(H,67,74)(H,68,73)(H4,52,53,58)(H4,54,55,59)(H4,56,57,60)/t30?,37-,38-,39-,40-,41-,51?/m0/s1. The Hall–Kier alpha value is -8.63. The number of carbonyl (C=O) groups excluding carboxylic acids is 6. The number of nitrogens with zero attached hydrogens (tertiary/aromatic N) is 3. The average Bonchev–Trinajstić information content (AvgIpc) is 3.97. The molecule has 23 heteroatoms. The monoisotopic (exact) mass is 1010 g/mol. The summed E-state index contributed by atoms with van der Waals surface area (Å²) in [7, 11) is 0. The van der Waals surface area contributed by atoms with Crippen LogP contribution in [0.1, 0.15) is 61.6 Å². The molecule has 3 heterocycles. The fourth-order valence-corrected chi connectivity index (χ4v) is 9.62. The van der Waals surface area contributed by atoms with Gasteiger partial charge in [-0.2, -0.15) is 0 Å². The van der Waals surface area contributed by atoms with Crippen molar-refractivity contribution in [1.29, 1.82) is 0 Å². The maximum absolute atomic E-state index is 15.1. The van der Waals surface area contributed by atoms with E-state index in [-0.39, 0.29) is 101 Å². The summed E-state index contributed by atoms with van der Waals surface area (Å²) in [6.45, 7) is 0.464. The number of hydrogen-bond donors (Lipinski definition) is 14. The quantitative estimate of drug-likeness (QED) is 0.0308. The average molecular weight is 1010 g/mol. The Morgan fingerprint density at radius 3 is 1.41 bits per heavy atom. The Labute approximate surface area is 427 Å². The molecule has 3 aromatic carbocycles. The van der Waals surface area contributed by atoms with Crippen molar-refractivity contribution in [3.63, 3.8) is 0 Å². The van der Waals surface area contributed by atoms with E-state index >= 15 is 4.79 Å². The van der Waals surface area contributed by atoms with Gasteiger partial charge in [0.2, 0.25) is 35.4 Å². The summed E-state index contributed by atoms with van der Waals surface area (Å²) in [4.78, 5) is 108. The lowest BCUT2D eigenvalue weighted by Gasteiger charge is -2.47. The Balaban J connectivity index is 1.31. The van der Waals surface area contributed by atoms with E-state index in [0.717, 1.165) is 21.8 Å². The Kier molecular flexibility index (Phi) is 17.7. The highest BCUT2D eigenvalue weighted by Crippen LogP contribution is 2.41. The van der Waals surface area contributed by atoms with E-state index < -0.39 is 71.2 Å². The Morgan fingerprint density at radius 1 is 0.473 bits per heavy atom. The number of benzene rings is 3. The number of hydrogen-bond acceptors (Lipinski definition) is 9. The zero-order chi connectivity index (χ0) is 52.8. The van der Waals surface area contributed by atoms with Crippen molar-refractivity contribution in [2.24, 2.45) is 55.3 Å². The van der Waals surface area contributed by atoms with E-state index in [9.17, 15) is 24.0 Å². The van der Waals surface area contributed by atoms with Gasteiger partial charge in [-0.3, -0.25) is 43.7 Å². The molecule has 6 amide bonds. The number of guanidine groups is 3. The number of fused-ring (bicyclic) bond motifs is 2. The molecular weight excluding hydrogens is 947 g/mol. The van der Waals surface area contributed by atoms with Gasteiger partial charge in [0.1, 0.15) is 35.7 Å². The number of H-pyrrole nitrogens is 2. The highest BCUT2D eigenvalue weighted by Gasteiger charge is 2.52. The number of nitrogens with one attached hydrogen (secondary N) is 8. The number of aliphatic imine (C=N–C) groups is 3. The van der Waals surface area contributed by atoms with Crippen molar-refractivity contribution in [2.45, 2.75) is 100.0 Å². The predicted molar refractivity (Wildman–Crippen MR) is 283 cm³/mol. The van der Waals surface area contributed by atoms with Gasteiger partial charge in [0.25, 0.3) is 0 Å². The van der Waals surface area contributed by atoms with Gasteiger partial charge in [-0.15, -0.1) is 0 Å². The van der Waals surface area contributed by atoms with Crippen molar-refractivity contribution >= 4 is 75.1 Å². The topological polar surface area (TPSA) is 399 Å². The van der Waals surface area contributed by atoms with E-state index in [1.54, 1.807) is 36.7 Å². The second kappa shape index (κ2) is 24.7. The lowest BCUT2D eigenvalue weighted by Crippen LogP contribution is -2.70. The maximum Gasteiger partial charge on any atom is 0.246 e. The van der Waals surface area contributed by atoms with Crippen molar-refractivity contribution < 1.29 is 28.8 Å². The summed E-state index contributed by atoms with van der Waals surface area (Å²) in [5, 5.41) is 19.1. The van der Waals surface area contributed by atoms with Crippen LogP contribution in [0.5, 0.6) is 0 Å². The van der Waals surface area contributed by atoms with Gasteiger partial charge in [-0.05, 0) is 79.7 Å². The lowest BCUT2D eigenvalue weighted by atomic mass is 9.66. The number of para-hydroxylation sites is 2. The first-order valence-electron chi connectivity index (χ1n) is 24.7. The van der Waals surface area contributed by atoms with Crippen molar-refractivity contribution in [3.05, 3.63) is 108 Å². The number of rotatable bonds is 17. The maximum atomic E-state index is 15.1. The Morgan fingerprint density at radius 2 is 0.892 bits per heavy atom. The molecule has 1 spiro atoms. The van der Waals surface area contributed by atoms with Crippen LogP contribution >= 0.6 is 0 Å². The second-order valence-electron chi connectivity index (χ2n) is 18.9. The number of carbonyl (C=O) groups is 6. The minimum absolute atomic E-state index is 0.00122. The van der Waals surface area contributed by atoms with Gasteiger partial charge in [-0.25, -0.2) is 0 Å². The summed E-state index contributed by atoms with van der Waals surface area (Å²) in [5.41, 5.74) is 35.7. The number of nitrogens with two attached hydrogens (primary N) is 6. The highest BCUT2D eigenvalue weighted by atomic mass is 16.2. The molecule has 2 aliphatic rings. The van der Waals surface area contributed by atoms with Gasteiger partial charge in [0.15, 0.2) is 17.9 Å². The summed E-state index contributed by atoms with van der Waals surface area (Å²) >= 11 is 0. The highest BCUT2D eigenvalue weighted by molar-refractivity contribution is 6.00. The smallest absolute Gasteiger partial charge is 0.246 e. The summed E-state index contributed by atoms with van der Waals surface area (Å²) in [6.07, 6.45) is 4.57. The van der Waals surface area contributed by atoms with E-state index in [1.807, 2.05) is 54.6 Å². The first kappa shape index (κ1) is 53.2. The van der Waals surface area contributed by atoms with E-state index in [2.05, 4.69) is 56.8 Å². The number of aromatic amines is 2. The van der Waals surface area contributed by atoms with Crippen LogP contribution in [0.25, 0.3) is 21.8 Å². The predicted octanol–water partition coefficient (Wildman–Crippen LogP) is -0.850. The third-order valence-electron chi connectivity index (χ3n) is 13.4. The molecule has 2 fully saturated rings. The molecular formula is C51H67N17O6. The summed E-state index contributed by atoms with van der Waals surface area (Å²) < 4.78 is 0. The molecule has 0 unspecified atom stereocenters. The van der Waals surface area contributed by atoms with E-state index in [4.69, 9.17) is 34.4 Å². The largest absolute Gasteiger partial charge is 0.370 e. The van der Waals surface area contributed by atoms with Gasteiger partial charge >= 0.3 is 0 Å². The van der Waals surface area contributed by atoms with Crippen LogP contribution in [0.3, 0.4) is 0 Å². The van der Waals surface area contributed by atoms with Crippen molar-refractivity contribution in [1.82, 2.24) is 41.9 Å². The van der Waals surface area contributed by atoms with Crippen LogP contribution in [0, 0.1) is 5.92 Å². The summed E-state index contributed by atoms with van der Waals surface area (Å²) in [6, 6.07) is 17.5. The normalized spacial score (nSPS) is 22.9. The lowest BCUT2D eigenvalue weighted by molar-refractivity contribution is -0.143. The second-order valence-corrected chi connectivity index (χ2v) is 18.9. The molecule has 1 saturated carbocycles. The van der Waals surface area contributed by atoms with Gasteiger partial charge < -0.3 is 76.3 Å². The van der Waals surface area contributed by atoms with Gasteiger partial charge in [-0.1, -0.05) is 66.7 Å². The van der Waals surface area contributed by atoms with Crippen LogP contribution in [-0.2, 0) is 48.0 Å². The zero-order valence-electron chi connectivity index (χ0n) is 41.1. The fourth-order valence-electron chi connectivity index (χ4n) is 9.62. The van der Waals surface area contributed by atoms with Crippen molar-refractivity contribution in [3.8, 4) is 0 Å². The van der Waals surface area contributed by atoms with Crippen LogP contribution in [0.4, 0.5) is 0 Å². The molecule has 23 nitrogen and oxygen atoms in total.